The molecule has 0 saturated heterocycles. The zero-order valence-electron chi connectivity index (χ0n) is 26.0. The number of rotatable bonds is 30. The smallest absolute Gasteiger partial charge is 0.0654 e. The molecule has 220 valence electrons. The van der Waals surface area contributed by atoms with E-state index in [2.05, 4.69) is 27.2 Å². The van der Waals surface area contributed by atoms with Crippen molar-refractivity contribution in [2.75, 3.05) is 25.7 Å². The summed E-state index contributed by atoms with van der Waals surface area (Å²) in [5.74, 6) is -1.91. The third-order valence-corrected chi connectivity index (χ3v) is 12.8. The van der Waals surface area contributed by atoms with Crippen molar-refractivity contribution in [1.29, 1.82) is 0 Å². The molecule has 0 amide bonds. The van der Waals surface area contributed by atoms with Crippen LogP contribution in [0.2, 0.25) is 0 Å². The predicted octanol–water partition coefficient (Wildman–Crippen LogP) is 13.9. The maximum absolute atomic E-state index is 7.22. The SMILES string of the molecule is CCCCCCCCCCCCCCCCP(C)(C)(Cl)CCCCCCCCCCCCCCCC. The van der Waals surface area contributed by atoms with E-state index in [1.165, 1.54) is 192 Å². The molecule has 0 heterocycles. The van der Waals surface area contributed by atoms with Gasteiger partial charge in [-0.25, -0.2) is 0 Å². The van der Waals surface area contributed by atoms with E-state index in [1.54, 1.807) is 0 Å². The van der Waals surface area contributed by atoms with Gasteiger partial charge in [-0.2, -0.15) is 0 Å². The van der Waals surface area contributed by atoms with Gasteiger partial charge in [-0.1, -0.05) is 52.4 Å². The first-order valence-corrected chi connectivity index (χ1v) is 21.5. The van der Waals surface area contributed by atoms with E-state index in [0.717, 1.165) is 0 Å². The van der Waals surface area contributed by atoms with Crippen LogP contribution in [-0.4, -0.2) is 25.7 Å². The third kappa shape index (κ3) is 29.3. The Labute approximate surface area is 236 Å². The molecule has 0 N–H and O–H groups in total. The van der Waals surface area contributed by atoms with Gasteiger partial charge in [-0.05, 0) is 0 Å². The summed E-state index contributed by atoms with van der Waals surface area (Å²) in [4.78, 5) is 0. The Kier molecular flexibility index (Phi) is 26.5. The molecule has 0 aromatic carbocycles. The van der Waals surface area contributed by atoms with Crippen LogP contribution in [0, 0.1) is 0 Å². The summed E-state index contributed by atoms with van der Waals surface area (Å²) in [5.41, 5.74) is 0. The minimum absolute atomic E-state index is 1.31. The molecule has 0 nitrogen and oxygen atoms in total. The molecular formula is C34H72ClP. The molecule has 0 spiro atoms. The minimum Gasteiger partial charge on any atom is -0.0654 e. The molecule has 0 aromatic rings. The van der Waals surface area contributed by atoms with E-state index >= 15 is 0 Å². The van der Waals surface area contributed by atoms with E-state index in [4.69, 9.17) is 11.2 Å². The van der Waals surface area contributed by atoms with Crippen LogP contribution in [0.3, 0.4) is 0 Å². The monoisotopic (exact) mass is 547 g/mol. The van der Waals surface area contributed by atoms with Gasteiger partial charge in [0.15, 0.2) is 0 Å². The van der Waals surface area contributed by atoms with Crippen LogP contribution in [0.1, 0.15) is 194 Å². The van der Waals surface area contributed by atoms with Crippen molar-refractivity contribution in [3.05, 3.63) is 0 Å². The summed E-state index contributed by atoms with van der Waals surface area (Å²) < 4.78 is 0. The predicted molar refractivity (Wildman–Crippen MR) is 175 cm³/mol. The van der Waals surface area contributed by atoms with Gasteiger partial charge in [0.05, 0.1) is 0 Å². The maximum atomic E-state index is 7.22. The van der Waals surface area contributed by atoms with Gasteiger partial charge in [0.2, 0.25) is 0 Å². The Morgan fingerprint density at radius 3 is 0.667 bits per heavy atom. The van der Waals surface area contributed by atoms with E-state index in [1.807, 2.05) is 0 Å². The number of halogens is 1. The van der Waals surface area contributed by atoms with E-state index < -0.39 is 5.96 Å². The fraction of sp³-hybridized carbons (Fsp3) is 1.00. The molecule has 0 rings (SSSR count). The summed E-state index contributed by atoms with van der Waals surface area (Å²) in [6, 6.07) is 0. The second-order valence-corrected chi connectivity index (χ2v) is 22.5. The Bertz CT molecular complexity index is 389. The molecule has 0 aromatic heterocycles. The Balaban J connectivity index is 3.43. The average molecular weight is 547 g/mol. The molecule has 0 atom stereocenters. The molecule has 0 radical (unpaired) electrons. The first-order chi connectivity index (χ1) is 17.4. The van der Waals surface area contributed by atoms with Gasteiger partial charge >= 0.3 is 184 Å². The van der Waals surface area contributed by atoms with Gasteiger partial charge in [0.25, 0.3) is 0 Å². The van der Waals surface area contributed by atoms with Crippen LogP contribution in [0.15, 0.2) is 0 Å². The molecule has 2 heteroatoms. The van der Waals surface area contributed by atoms with Crippen LogP contribution < -0.4 is 0 Å². The summed E-state index contributed by atoms with van der Waals surface area (Å²) in [7, 11) is 0. The third-order valence-electron chi connectivity index (χ3n) is 8.40. The van der Waals surface area contributed by atoms with Gasteiger partial charge in [0, 0.05) is 0 Å². The molecule has 0 aliphatic carbocycles. The first-order valence-electron chi connectivity index (χ1n) is 17.1. The Morgan fingerprint density at radius 1 is 0.306 bits per heavy atom. The van der Waals surface area contributed by atoms with Crippen LogP contribution in [-0.2, 0) is 0 Å². The summed E-state index contributed by atoms with van der Waals surface area (Å²) in [6.45, 7) is 9.49. The van der Waals surface area contributed by atoms with Gasteiger partial charge in [0.1, 0.15) is 0 Å². The fourth-order valence-electron chi connectivity index (χ4n) is 5.70. The van der Waals surface area contributed by atoms with Crippen molar-refractivity contribution in [2.45, 2.75) is 194 Å². The van der Waals surface area contributed by atoms with Crippen molar-refractivity contribution in [3.63, 3.8) is 0 Å². The van der Waals surface area contributed by atoms with E-state index in [-0.39, 0.29) is 0 Å². The molecule has 0 bridgehead atoms. The fourth-order valence-corrected chi connectivity index (χ4v) is 9.04. The summed E-state index contributed by atoms with van der Waals surface area (Å²) in [5, 5.41) is 0. The van der Waals surface area contributed by atoms with Crippen LogP contribution in [0.4, 0.5) is 0 Å². The number of hydrogen-bond acceptors (Lipinski definition) is 0. The van der Waals surface area contributed by atoms with Crippen molar-refractivity contribution in [2.24, 2.45) is 0 Å². The minimum atomic E-state index is -1.91. The van der Waals surface area contributed by atoms with Crippen molar-refractivity contribution in [3.8, 4) is 0 Å². The molecule has 0 unspecified atom stereocenters. The standard InChI is InChI=1S/C34H72ClP/c1-5-7-9-11-13-15-17-19-21-23-25-27-29-31-33-36(3,4,35)34-32-30-28-26-24-22-20-18-16-14-12-10-8-6-2/h5-34H2,1-4H3. The van der Waals surface area contributed by atoms with Crippen LogP contribution in [0.25, 0.3) is 0 Å². The van der Waals surface area contributed by atoms with E-state index in [0.29, 0.717) is 0 Å². The zero-order valence-corrected chi connectivity index (χ0v) is 27.7. The molecule has 0 aliphatic rings. The Morgan fingerprint density at radius 2 is 0.472 bits per heavy atom. The first kappa shape index (κ1) is 36.7. The second-order valence-electron chi connectivity index (χ2n) is 13.2. The van der Waals surface area contributed by atoms with Crippen molar-refractivity contribution < 1.29 is 0 Å². The number of hydrogen-bond donors (Lipinski definition) is 0. The van der Waals surface area contributed by atoms with Gasteiger partial charge in [-0.3, -0.25) is 0 Å². The number of unbranched alkanes of at least 4 members (excludes halogenated alkanes) is 26. The molecule has 0 saturated carbocycles. The Hall–Kier alpha value is 0.720. The zero-order chi connectivity index (χ0) is 26.7. The molecule has 0 fully saturated rings. The van der Waals surface area contributed by atoms with E-state index in [9.17, 15) is 0 Å². The molecule has 36 heavy (non-hydrogen) atoms. The van der Waals surface area contributed by atoms with Gasteiger partial charge in [-0.15, -0.1) is 0 Å². The topological polar surface area (TPSA) is 0 Å². The molecule has 0 aliphatic heterocycles. The van der Waals surface area contributed by atoms with Crippen LogP contribution in [0.5, 0.6) is 0 Å². The normalized spacial score (nSPS) is 13.2. The quantitative estimate of drug-likeness (QED) is 0.0620. The summed E-state index contributed by atoms with van der Waals surface area (Å²) >= 11 is 7.22. The second kappa shape index (κ2) is 26.0. The summed E-state index contributed by atoms with van der Waals surface area (Å²) in [6.07, 6.45) is 42.9. The average Bonchev–Trinajstić information content (AvgIpc) is 2.84. The molecular weight excluding hydrogens is 475 g/mol. The van der Waals surface area contributed by atoms with Crippen LogP contribution >= 0.6 is 17.2 Å². The van der Waals surface area contributed by atoms with Gasteiger partial charge < -0.3 is 0 Å². The van der Waals surface area contributed by atoms with Crippen molar-refractivity contribution in [1.82, 2.24) is 0 Å². The van der Waals surface area contributed by atoms with Crippen molar-refractivity contribution >= 4 is 17.2 Å².